The molecule has 0 bridgehead atoms. The average Bonchev–Trinajstić information content (AvgIpc) is 2.49. The van der Waals surface area contributed by atoms with Crippen LogP contribution in [0.25, 0.3) is 0 Å². The smallest absolute Gasteiger partial charge is 0.00441 e. The van der Waals surface area contributed by atoms with Gasteiger partial charge in [0, 0.05) is 6.04 Å². The van der Waals surface area contributed by atoms with E-state index in [1.54, 1.807) is 0 Å². The van der Waals surface area contributed by atoms with Crippen LogP contribution >= 0.6 is 0 Å². The molecule has 1 heteroatoms. The minimum absolute atomic E-state index is 0.543. The minimum atomic E-state index is 0.543. The van der Waals surface area contributed by atoms with E-state index in [0.29, 0.717) is 6.04 Å². The first kappa shape index (κ1) is 5.72. The highest BCUT2D eigenvalue weighted by Crippen LogP contribution is 2.55. The van der Waals surface area contributed by atoms with Gasteiger partial charge in [0.15, 0.2) is 0 Å². The molecule has 0 aromatic heterocycles. The number of rotatable bonds is 0. The topological polar surface area (TPSA) is 26.0 Å². The van der Waals surface area contributed by atoms with Crippen LogP contribution in [0.2, 0.25) is 0 Å². The molecule has 0 aromatic rings. The molecule has 2 saturated carbocycles. The maximum absolute atomic E-state index is 5.85. The fourth-order valence-corrected chi connectivity index (χ4v) is 2.13. The summed E-state index contributed by atoms with van der Waals surface area (Å²) in [6, 6.07) is 0.543. The maximum atomic E-state index is 5.85. The third-order valence-corrected chi connectivity index (χ3v) is 2.93. The zero-order chi connectivity index (χ0) is 6.32. The third-order valence-electron chi connectivity index (χ3n) is 2.93. The molecule has 0 radical (unpaired) electrons. The summed E-state index contributed by atoms with van der Waals surface area (Å²) in [6.45, 7) is 0. The molecular weight excluding hydrogens is 110 g/mol. The van der Waals surface area contributed by atoms with Gasteiger partial charge in [0.2, 0.25) is 0 Å². The van der Waals surface area contributed by atoms with Gasteiger partial charge in [0.1, 0.15) is 0 Å². The SMILES string of the molecule is NC1CCCC2(CC2)C1. The molecule has 2 fully saturated rings. The lowest BCUT2D eigenvalue weighted by molar-refractivity contribution is 0.302. The lowest BCUT2D eigenvalue weighted by Crippen LogP contribution is -2.28. The lowest BCUT2D eigenvalue weighted by atomic mass is 9.84. The lowest BCUT2D eigenvalue weighted by Gasteiger charge is -2.25. The molecule has 2 aliphatic carbocycles. The van der Waals surface area contributed by atoms with Crippen LogP contribution in [0.5, 0.6) is 0 Å². The molecule has 1 nitrogen and oxygen atoms in total. The second-order valence-corrected chi connectivity index (χ2v) is 3.86. The summed E-state index contributed by atoms with van der Waals surface area (Å²) in [5.74, 6) is 0. The van der Waals surface area contributed by atoms with Gasteiger partial charge in [-0.2, -0.15) is 0 Å². The highest BCUT2D eigenvalue weighted by Gasteiger charge is 2.44. The summed E-state index contributed by atoms with van der Waals surface area (Å²) in [7, 11) is 0. The average molecular weight is 125 g/mol. The molecular formula is C8H15N. The Labute approximate surface area is 56.6 Å². The maximum Gasteiger partial charge on any atom is 0.00441 e. The predicted molar refractivity (Wildman–Crippen MR) is 38.1 cm³/mol. The zero-order valence-corrected chi connectivity index (χ0v) is 5.90. The van der Waals surface area contributed by atoms with Crippen molar-refractivity contribution in [2.24, 2.45) is 11.1 Å². The monoisotopic (exact) mass is 125 g/mol. The molecule has 9 heavy (non-hydrogen) atoms. The van der Waals surface area contributed by atoms with Gasteiger partial charge in [-0.15, -0.1) is 0 Å². The van der Waals surface area contributed by atoms with Gasteiger partial charge in [0.25, 0.3) is 0 Å². The Balaban J connectivity index is 1.96. The Kier molecular flexibility index (Phi) is 1.10. The number of hydrogen-bond donors (Lipinski definition) is 1. The van der Waals surface area contributed by atoms with E-state index < -0.39 is 0 Å². The van der Waals surface area contributed by atoms with Gasteiger partial charge < -0.3 is 5.73 Å². The second kappa shape index (κ2) is 1.72. The molecule has 1 spiro atoms. The van der Waals surface area contributed by atoms with Crippen LogP contribution in [0.3, 0.4) is 0 Å². The third kappa shape index (κ3) is 0.983. The molecule has 0 heterocycles. The van der Waals surface area contributed by atoms with E-state index in [2.05, 4.69) is 0 Å². The van der Waals surface area contributed by atoms with Crippen molar-refractivity contribution in [2.45, 2.75) is 44.6 Å². The van der Waals surface area contributed by atoms with Crippen LogP contribution in [-0.4, -0.2) is 6.04 Å². The number of hydrogen-bond acceptors (Lipinski definition) is 1. The van der Waals surface area contributed by atoms with E-state index in [4.69, 9.17) is 5.73 Å². The summed E-state index contributed by atoms with van der Waals surface area (Å²) < 4.78 is 0. The highest BCUT2D eigenvalue weighted by atomic mass is 14.7. The van der Waals surface area contributed by atoms with Crippen molar-refractivity contribution in [2.75, 3.05) is 0 Å². The fraction of sp³-hybridized carbons (Fsp3) is 1.00. The van der Waals surface area contributed by atoms with Gasteiger partial charge >= 0.3 is 0 Å². The normalized spacial score (nSPS) is 39.0. The van der Waals surface area contributed by atoms with Crippen molar-refractivity contribution in [3.05, 3.63) is 0 Å². The molecule has 0 amide bonds. The van der Waals surface area contributed by atoms with E-state index in [1.165, 1.54) is 38.5 Å². The summed E-state index contributed by atoms with van der Waals surface area (Å²) in [4.78, 5) is 0. The molecule has 2 aliphatic rings. The summed E-state index contributed by atoms with van der Waals surface area (Å²) in [5, 5.41) is 0. The first-order valence-corrected chi connectivity index (χ1v) is 4.06. The predicted octanol–water partition coefficient (Wildman–Crippen LogP) is 1.67. The summed E-state index contributed by atoms with van der Waals surface area (Å²) in [6.07, 6.45) is 8.41. The molecule has 1 unspecified atom stereocenters. The molecule has 1 atom stereocenters. The quantitative estimate of drug-likeness (QED) is 0.523. The molecule has 2 rings (SSSR count). The molecule has 0 aliphatic heterocycles. The number of nitrogens with two attached hydrogens (primary N) is 1. The molecule has 0 aromatic carbocycles. The Morgan fingerprint density at radius 1 is 1.22 bits per heavy atom. The van der Waals surface area contributed by atoms with Gasteiger partial charge in [-0.3, -0.25) is 0 Å². The van der Waals surface area contributed by atoms with Crippen LogP contribution < -0.4 is 5.73 Å². The van der Waals surface area contributed by atoms with Gasteiger partial charge in [0.05, 0.1) is 0 Å². The Bertz CT molecular complexity index is 116. The van der Waals surface area contributed by atoms with Crippen molar-refractivity contribution in [1.82, 2.24) is 0 Å². The van der Waals surface area contributed by atoms with Crippen LogP contribution in [0, 0.1) is 5.41 Å². The van der Waals surface area contributed by atoms with Crippen molar-refractivity contribution < 1.29 is 0 Å². The second-order valence-electron chi connectivity index (χ2n) is 3.86. The van der Waals surface area contributed by atoms with E-state index in [0.717, 1.165) is 5.41 Å². The first-order chi connectivity index (χ1) is 4.31. The molecule has 0 saturated heterocycles. The first-order valence-electron chi connectivity index (χ1n) is 4.06. The fourth-order valence-electron chi connectivity index (χ4n) is 2.13. The summed E-state index contributed by atoms with van der Waals surface area (Å²) >= 11 is 0. The Morgan fingerprint density at radius 2 is 2.00 bits per heavy atom. The summed E-state index contributed by atoms with van der Waals surface area (Å²) in [5.41, 5.74) is 6.63. The van der Waals surface area contributed by atoms with Gasteiger partial charge in [-0.1, -0.05) is 6.42 Å². The van der Waals surface area contributed by atoms with Gasteiger partial charge in [-0.05, 0) is 37.5 Å². The van der Waals surface area contributed by atoms with Crippen molar-refractivity contribution in [3.63, 3.8) is 0 Å². The Morgan fingerprint density at radius 3 is 2.44 bits per heavy atom. The minimum Gasteiger partial charge on any atom is -0.328 e. The Hall–Kier alpha value is -0.0400. The standard InChI is InChI=1S/C8H15N/c9-7-2-1-3-8(6-7)4-5-8/h7H,1-6,9H2. The van der Waals surface area contributed by atoms with Crippen LogP contribution in [0.15, 0.2) is 0 Å². The zero-order valence-electron chi connectivity index (χ0n) is 5.90. The van der Waals surface area contributed by atoms with Crippen molar-refractivity contribution in [3.8, 4) is 0 Å². The van der Waals surface area contributed by atoms with E-state index >= 15 is 0 Å². The van der Waals surface area contributed by atoms with Gasteiger partial charge in [-0.25, -0.2) is 0 Å². The van der Waals surface area contributed by atoms with Crippen molar-refractivity contribution >= 4 is 0 Å². The van der Waals surface area contributed by atoms with Crippen LogP contribution in [0.1, 0.15) is 38.5 Å². The largest absolute Gasteiger partial charge is 0.328 e. The van der Waals surface area contributed by atoms with Crippen LogP contribution in [0.4, 0.5) is 0 Å². The molecule has 2 N–H and O–H groups in total. The van der Waals surface area contributed by atoms with Crippen LogP contribution in [-0.2, 0) is 0 Å². The highest BCUT2D eigenvalue weighted by molar-refractivity contribution is 4.97. The van der Waals surface area contributed by atoms with E-state index in [1.807, 2.05) is 0 Å². The van der Waals surface area contributed by atoms with E-state index in [9.17, 15) is 0 Å². The molecule has 52 valence electrons. The van der Waals surface area contributed by atoms with Crippen molar-refractivity contribution in [1.29, 1.82) is 0 Å². The van der Waals surface area contributed by atoms with E-state index in [-0.39, 0.29) is 0 Å².